The van der Waals surface area contributed by atoms with E-state index in [1.165, 1.54) is 10.6 Å². The Kier molecular flexibility index (Phi) is 5.11. The van der Waals surface area contributed by atoms with Gasteiger partial charge >= 0.3 is 6.03 Å². The molecule has 2 amide bonds. The highest BCUT2D eigenvalue weighted by atomic mass is 16.3. The summed E-state index contributed by atoms with van der Waals surface area (Å²) in [6.45, 7) is 5.69. The molecule has 0 aliphatic heterocycles. The van der Waals surface area contributed by atoms with Gasteiger partial charge in [-0.1, -0.05) is 13.8 Å². The van der Waals surface area contributed by atoms with Crippen molar-refractivity contribution in [3.63, 3.8) is 0 Å². The Labute approximate surface area is 112 Å². The van der Waals surface area contributed by atoms with Crippen molar-refractivity contribution in [1.82, 2.24) is 9.88 Å². The molecule has 19 heavy (non-hydrogen) atoms. The fraction of sp³-hybridized carbons (Fsp3) is 0.538. The summed E-state index contributed by atoms with van der Waals surface area (Å²) in [6, 6.07) is 1.06. The summed E-state index contributed by atoms with van der Waals surface area (Å²) in [6.07, 6.45) is 0.989. The van der Waals surface area contributed by atoms with Gasteiger partial charge < -0.3 is 20.3 Å². The standard InChI is InChI=1S/C13H21N3O3/c1-8(2)11(17)6-14-13(19)15-10-7-16(4)12(18)5-9(10)3/h5,7-8,11,17H,6H2,1-4H3,(H2,14,15,19). The highest BCUT2D eigenvalue weighted by Gasteiger charge is 2.11. The van der Waals surface area contributed by atoms with Gasteiger partial charge in [0.1, 0.15) is 0 Å². The maximum absolute atomic E-state index is 11.7. The lowest BCUT2D eigenvalue weighted by molar-refractivity contribution is 0.126. The highest BCUT2D eigenvalue weighted by Crippen LogP contribution is 2.10. The van der Waals surface area contributed by atoms with Crippen LogP contribution in [0.5, 0.6) is 0 Å². The van der Waals surface area contributed by atoms with E-state index >= 15 is 0 Å². The number of urea groups is 1. The van der Waals surface area contributed by atoms with Crippen LogP contribution in [0.15, 0.2) is 17.1 Å². The van der Waals surface area contributed by atoms with E-state index in [-0.39, 0.29) is 18.0 Å². The van der Waals surface area contributed by atoms with E-state index in [2.05, 4.69) is 10.6 Å². The molecule has 0 aliphatic rings. The van der Waals surface area contributed by atoms with Crippen LogP contribution >= 0.6 is 0 Å². The molecule has 1 heterocycles. The van der Waals surface area contributed by atoms with Crippen molar-refractivity contribution in [2.24, 2.45) is 13.0 Å². The van der Waals surface area contributed by atoms with Crippen molar-refractivity contribution < 1.29 is 9.90 Å². The van der Waals surface area contributed by atoms with Gasteiger partial charge in [0, 0.05) is 25.9 Å². The Morgan fingerprint density at radius 2 is 2.11 bits per heavy atom. The van der Waals surface area contributed by atoms with Crippen LogP contribution in [0.4, 0.5) is 10.5 Å². The van der Waals surface area contributed by atoms with Crippen LogP contribution in [0.25, 0.3) is 0 Å². The van der Waals surface area contributed by atoms with Gasteiger partial charge in [0.05, 0.1) is 11.8 Å². The number of hydrogen-bond donors (Lipinski definition) is 3. The van der Waals surface area contributed by atoms with Gasteiger partial charge in [-0.2, -0.15) is 0 Å². The summed E-state index contributed by atoms with van der Waals surface area (Å²) in [5, 5.41) is 14.8. The Balaban J connectivity index is 2.63. The second-order valence-electron chi connectivity index (χ2n) is 4.97. The molecule has 1 atom stereocenters. The van der Waals surface area contributed by atoms with Crippen molar-refractivity contribution in [3.8, 4) is 0 Å². The van der Waals surface area contributed by atoms with E-state index < -0.39 is 12.1 Å². The predicted octanol–water partition coefficient (Wildman–Crippen LogP) is 0.832. The number of carbonyl (C=O) groups is 1. The predicted molar refractivity (Wildman–Crippen MR) is 74.3 cm³/mol. The fourth-order valence-electron chi connectivity index (χ4n) is 1.45. The molecule has 0 saturated heterocycles. The normalized spacial score (nSPS) is 12.3. The molecule has 0 radical (unpaired) electrons. The third-order valence-electron chi connectivity index (χ3n) is 2.92. The quantitative estimate of drug-likeness (QED) is 0.755. The number of pyridine rings is 1. The first kappa shape index (κ1) is 15.2. The number of amides is 2. The van der Waals surface area contributed by atoms with Crippen LogP contribution < -0.4 is 16.2 Å². The molecule has 3 N–H and O–H groups in total. The lowest BCUT2D eigenvalue weighted by atomic mass is 10.1. The first-order valence-corrected chi connectivity index (χ1v) is 6.21. The monoisotopic (exact) mass is 267 g/mol. The Morgan fingerprint density at radius 1 is 1.47 bits per heavy atom. The van der Waals surface area contributed by atoms with E-state index in [1.807, 2.05) is 13.8 Å². The molecule has 0 bridgehead atoms. The zero-order valence-electron chi connectivity index (χ0n) is 11.7. The minimum Gasteiger partial charge on any atom is -0.391 e. The number of nitrogens with zero attached hydrogens (tertiary/aromatic N) is 1. The lowest BCUT2D eigenvalue weighted by Crippen LogP contribution is -2.37. The van der Waals surface area contributed by atoms with E-state index in [1.54, 1.807) is 20.2 Å². The van der Waals surface area contributed by atoms with Gasteiger partial charge in [-0.15, -0.1) is 0 Å². The summed E-state index contributed by atoms with van der Waals surface area (Å²) in [5.74, 6) is 0.0829. The van der Waals surface area contributed by atoms with E-state index in [9.17, 15) is 14.7 Å². The van der Waals surface area contributed by atoms with Crippen LogP contribution in [-0.2, 0) is 7.05 Å². The first-order valence-electron chi connectivity index (χ1n) is 6.21. The number of carbonyl (C=O) groups excluding carboxylic acids is 1. The number of rotatable bonds is 4. The number of aromatic nitrogens is 1. The van der Waals surface area contributed by atoms with Crippen molar-refractivity contribution in [2.45, 2.75) is 26.9 Å². The van der Waals surface area contributed by atoms with Crippen molar-refractivity contribution in [2.75, 3.05) is 11.9 Å². The minimum atomic E-state index is -0.577. The van der Waals surface area contributed by atoms with E-state index in [0.717, 1.165) is 0 Å². The van der Waals surface area contributed by atoms with Crippen LogP contribution in [0, 0.1) is 12.8 Å². The van der Waals surface area contributed by atoms with Crippen LogP contribution in [-0.4, -0.2) is 28.4 Å². The molecule has 0 fully saturated rings. The largest absolute Gasteiger partial charge is 0.391 e. The number of aryl methyl sites for hydroxylation is 2. The summed E-state index contributed by atoms with van der Waals surface area (Å²) in [5.41, 5.74) is 1.14. The van der Waals surface area contributed by atoms with Crippen molar-refractivity contribution in [3.05, 3.63) is 28.2 Å². The van der Waals surface area contributed by atoms with Crippen LogP contribution in [0.3, 0.4) is 0 Å². The second kappa shape index (κ2) is 6.38. The van der Waals surface area contributed by atoms with Gasteiger partial charge in [-0.25, -0.2) is 4.79 Å². The van der Waals surface area contributed by atoms with Gasteiger partial charge in [0.2, 0.25) is 0 Å². The Morgan fingerprint density at radius 3 is 2.68 bits per heavy atom. The molecule has 0 aromatic carbocycles. The smallest absolute Gasteiger partial charge is 0.319 e. The molecule has 0 aliphatic carbocycles. The third kappa shape index (κ3) is 4.40. The zero-order chi connectivity index (χ0) is 14.6. The van der Waals surface area contributed by atoms with Crippen molar-refractivity contribution in [1.29, 1.82) is 0 Å². The summed E-state index contributed by atoms with van der Waals surface area (Å²) in [7, 11) is 1.62. The SMILES string of the molecule is Cc1cc(=O)n(C)cc1NC(=O)NCC(O)C(C)C. The fourth-order valence-corrected chi connectivity index (χ4v) is 1.45. The average Bonchev–Trinajstić information content (AvgIpc) is 2.32. The molecule has 0 spiro atoms. The van der Waals surface area contributed by atoms with Gasteiger partial charge in [-0.05, 0) is 18.4 Å². The molecular weight excluding hydrogens is 246 g/mol. The zero-order valence-corrected chi connectivity index (χ0v) is 11.7. The molecule has 6 heteroatoms. The van der Waals surface area contributed by atoms with Crippen molar-refractivity contribution >= 4 is 11.7 Å². The molecule has 6 nitrogen and oxygen atoms in total. The Bertz CT molecular complexity index is 508. The molecule has 0 saturated carbocycles. The van der Waals surface area contributed by atoms with E-state index in [0.29, 0.717) is 11.3 Å². The number of aliphatic hydroxyl groups is 1. The van der Waals surface area contributed by atoms with Gasteiger partial charge in [0.25, 0.3) is 5.56 Å². The topological polar surface area (TPSA) is 83.4 Å². The summed E-state index contributed by atoms with van der Waals surface area (Å²) < 4.78 is 1.39. The minimum absolute atomic E-state index is 0.0829. The number of aliphatic hydroxyl groups excluding tert-OH is 1. The van der Waals surface area contributed by atoms with Gasteiger partial charge in [0.15, 0.2) is 0 Å². The van der Waals surface area contributed by atoms with Crippen LogP contribution in [0.1, 0.15) is 19.4 Å². The van der Waals surface area contributed by atoms with E-state index in [4.69, 9.17) is 0 Å². The molecule has 1 aromatic rings. The lowest BCUT2D eigenvalue weighted by Gasteiger charge is -2.16. The number of anilines is 1. The summed E-state index contributed by atoms with van der Waals surface area (Å²) >= 11 is 0. The first-order chi connectivity index (χ1) is 8.81. The molecule has 1 rings (SSSR count). The Hall–Kier alpha value is -1.82. The molecule has 1 aromatic heterocycles. The molecule has 106 valence electrons. The highest BCUT2D eigenvalue weighted by molar-refractivity contribution is 5.89. The second-order valence-corrected chi connectivity index (χ2v) is 4.97. The van der Waals surface area contributed by atoms with Gasteiger partial charge in [-0.3, -0.25) is 4.79 Å². The summed E-state index contributed by atoms with van der Waals surface area (Å²) in [4.78, 5) is 23.0. The average molecular weight is 267 g/mol. The molecular formula is C13H21N3O3. The number of hydrogen-bond acceptors (Lipinski definition) is 3. The maximum Gasteiger partial charge on any atom is 0.319 e. The van der Waals surface area contributed by atoms with Crippen LogP contribution in [0.2, 0.25) is 0 Å². The number of nitrogens with one attached hydrogen (secondary N) is 2. The molecule has 1 unspecified atom stereocenters. The maximum atomic E-state index is 11.7. The third-order valence-corrected chi connectivity index (χ3v) is 2.92.